The Kier molecular flexibility index (Phi) is 4.65. The van der Waals surface area contributed by atoms with Crippen molar-refractivity contribution in [2.75, 3.05) is 12.4 Å². The molecule has 2 rings (SSSR count). The van der Waals surface area contributed by atoms with Crippen LogP contribution >= 0.6 is 0 Å². The lowest BCUT2D eigenvalue weighted by molar-refractivity contribution is 0.0594. The first-order chi connectivity index (χ1) is 9.74. The number of carbonyl (C=O) groups is 1. The Morgan fingerprint density at radius 1 is 1.30 bits per heavy atom. The predicted octanol–water partition coefficient (Wildman–Crippen LogP) is 2.44. The number of esters is 1. The molecule has 0 spiro atoms. The average molecular weight is 271 g/mol. The third kappa shape index (κ3) is 3.32. The second kappa shape index (κ2) is 6.65. The molecule has 0 saturated heterocycles. The van der Waals surface area contributed by atoms with Gasteiger partial charge >= 0.3 is 5.97 Å². The number of rotatable bonds is 5. The number of anilines is 1. The molecule has 104 valence electrons. The molecule has 2 heterocycles. The minimum atomic E-state index is -0.444. The Morgan fingerprint density at radius 3 is 2.90 bits per heavy atom. The van der Waals surface area contributed by atoms with E-state index in [2.05, 4.69) is 33.0 Å². The van der Waals surface area contributed by atoms with Gasteiger partial charge in [0.2, 0.25) is 0 Å². The van der Waals surface area contributed by atoms with Crippen molar-refractivity contribution in [3.8, 4) is 0 Å². The quantitative estimate of drug-likeness (QED) is 0.846. The lowest BCUT2D eigenvalue weighted by Gasteiger charge is -2.09. The van der Waals surface area contributed by atoms with Crippen LogP contribution in [0.5, 0.6) is 0 Å². The van der Waals surface area contributed by atoms with Gasteiger partial charge in [-0.2, -0.15) is 0 Å². The number of nitrogens with one attached hydrogen (secondary N) is 1. The highest BCUT2D eigenvalue weighted by molar-refractivity contribution is 5.88. The van der Waals surface area contributed by atoms with E-state index in [1.54, 1.807) is 24.5 Å². The zero-order chi connectivity index (χ0) is 14.4. The van der Waals surface area contributed by atoms with Crippen LogP contribution < -0.4 is 5.32 Å². The van der Waals surface area contributed by atoms with Gasteiger partial charge in [-0.05, 0) is 30.2 Å². The highest BCUT2D eigenvalue weighted by Gasteiger charge is 2.08. The van der Waals surface area contributed by atoms with Gasteiger partial charge in [0, 0.05) is 18.1 Å². The first kappa shape index (κ1) is 14.0. The van der Waals surface area contributed by atoms with E-state index < -0.39 is 5.97 Å². The van der Waals surface area contributed by atoms with Gasteiger partial charge in [-0.1, -0.05) is 13.0 Å². The topological polar surface area (TPSA) is 64.1 Å². The van der Waals surface area contributed by atoms with Gasteiger partial charge in [0.25, 0.3) is 0 Å². The Morgan fingerprint density at radius 2 is 2.15 bits per heavy atom. The molecule has 0 unspecified atom stereocenters. The second-order valence-electron chi connectivity index (χ2n) is 4.24. The first-order valence-electron chi connectivity index (χ1n) is 6.45. The molecule has 0 aliphatic heterocycles. The van der Waals surface area contributed by atoms with E-state index in [9.17, 15) is 4.79 Å². The van der Waals surface area contributed by atoms with Crippen molar-refractivity contribution in [1.82, 2.24) is 9.97 Å². The molecule has 0 amide bonds. The van der Waals surface area contributed by atoms with Gasteiger partial charge in [0.05, 0.1) is 19.3 Å². The van der Waals surface area contributed by atoms with Crippen molar-refractivity contribution in [1.29, 1.82) is 0 Å². The summed E-state index contributed by atoms with van der Waals surface area (Å²) in [5.41, 5.74) is 3.32. The van der Waals surface area contributed by atoms with Crippen LogP contribution in [0.3, 0.4) is 0 Å². The maximum Gasteiger partial charge on any atom is 0.356 e. The van der Waals surface area contributed by atoms with Crippen molar-refractivity contribution < 1.29 is 9.53 Å². The Labute approximate surface area is 118 Å². The van der Waals surface area contributed by atoms with Crippen molar-refractivity contribution in [3.05, 3.63) is 53.6 Å². The van der Waals surface area contributed by atoms with Gasteiger partial charge in [0.15, 0.2) is 0 Å². The number of hydrogen-bond acceptors (Lipinski definition) is 5. The van der Waals surface area contributed by atoms with E-state index in [1.807, 2.05) is 6.07 Å². The largest absolute Gasteiger partial charge is 0.464 e. The van der Waals surface area contributed by atoms with Crippen LogP contribution in [0, 0.1) is 0 Å². The summed E-state index contributed by atoms with van der Waals surface area (Å²) in [5, 5.41) is 3.24. The number of aromatic nitrogens is 2. The van der Waals surface area contributed by atoms with Crippen LogP contribution in [0.2, 0.25) is 0 Å². The molecule has 0 bridgehead atoms. The number of aryl methyl sites for hydroxylation is 1. The molecule has 2 aromatic heterocycles. The third-order valence-electron chi connectivity index (χ3n) is 2.98. The highest BCUT2D eigenvalue weighted by atomic mass is 16.5. The summed E-state index contributed by atoms with van der Waals surface area (Å²) in [6.07, 6.45) is 4.30. The lowest BCUT2D eigenvalue weighted by atomic mass is 10.1. The molecule has 0 fully saturated rings. The zero-order valence-corrected chi connectivity index (χ0v) is 11.6. The van der Waals surface area contributed by atoms with Crippen molar-refractivity contribution in [2.24, 2.45) is 0 Å². The van der Waals surface area contributed by atoms with Crippen LogP contribution in [0.15, 0.2) is 36.7 Å². The number of nitrogens with zero attached hydrogens (tertiary/aromatic N) is 2. The summed E-state index contributed by atoms with van der Waals surface area (Å²) >= 11 is 0. The average Bonchev–Trinajstić information content (AvgIpc) is 2.52. The Bertz CT molecular complexity index is 599. The maximum atomic E-state index is 11.4. The minimum absolute atomic E-state index is 0.286. The summed E-state index contributed by atoms with van der Waals surface area (Å²) in [4.78, 5) is 19.8. The smallest absolute Gasteiger partial charge is 0.356 e. The van der Waals surface area contributed by atoms with E-state index in [1.165, 1.54) is 12.7 Å². The van der Waals surface area contributed by atoms with E-state index in [0.717, 1.165) is 17.8 Å². The highest BCUT2D eigenvalue weighted by Crippen LogP contribution is 2.12. The molecule has 0 aliphatic carbocycles. The Hall–Kier alpha value is -2.43. The van der Waals surface area contributed by atoms with Gasteiger partial charge < -0.3 is 10.1 Å². The number of methoxy groups -OCH3 is 1. The summed E-state index contributed by atoms with van der Waals surface area (Å²) in [5.74, 6) is -0.444. The van der Waals surface area contributed by atoms with Gasteiger partial charge in [0.1, 0.15) is 5.69 Å². The molecule has 0 radical (unpaired) electrons. The molecule has 0 aliphatic rings. The third-order valence-corrected chi connectivity index (χ3v) is 2.98. The predicted molar refractivity (Wildman–Crippen MR) is 76.5 cm³/mol. The monoisotopic (exact) mass is 271 g/mol. The number of pyridine rings is 2. The molecule has 20 heavy (non-hydrogen) atoms. The van der Waals surface area contributed by atoms with Crippen LogP contribution in [0.4, 0.5) is 5.69 Å². The molecular weight excluding hydrogens is 254 g/mol. The molecule has 5 heteroatoms. The second-order valence-corrected chi connectivity index (χ2v) is 4.24. The SMILES string of the molecule is CCc1cccnc1CNc1ccnc(C(=O)OC)c1. The molecule has 0 saturated carbocycles. The number of ether oxygens (including phenoxy) is 1. The summed E-state index contributed by atoms with van der Waals surface area (Å²) < 4.78 is 4.65. The lowest BCUT2D eigenvalue weighted by Crippen LogP contribution is -2.07. The van der Waals surface area contributed by atoms with Crippen molar-refractivity contribution in [3.63, 3.8) is 0 Å². The summed E-state index contributed by atoms with van der Waals surface area (Å²) in [6.45, 7) is 2.71. The molecule has 0 aromatic carbocycles. The fourth-order valence-electron chi connectivity index (χ4n) is 1.89. The summed E-state index contributed by atoms with van der Waals surface area (Å²) in [7, 11) is 1.34. The molecular formula is C15H17N3O2. The molecule has 5 nitrogen and oxygen atoms in total. The normalized spacial score (nSPS) is 10.1. The molecule has 2 aromatic rings. The maximum absolute atomic E-state index is 11.4. The molecule has 0 atom stereocenters. The van der Waals surface area contributed by atoms with Crippen LogP contribution in [-0.2, 0) is 17.7 Å². The van der Waals surface area contributed by atoms with Crippen molar-refractivity contribution in [2.45, 2.75) is 19.9 Å². The van der Waals surface area contributed by atoms with Gasteiger partial charge in [-0.15, -0.1) is 0 Å². The Balaban J connectivity index is 2.09. The zero-order valence-electron chi connectivity index (χ0n) is 11.6. The fourth-order valence-corrected chi connectivity index (χ4v) is 1.89. The summed E-state index contributed by atoms with van der Waals surface area (Å²) in [6, 6.07) is 7.47. The molecule has 1 N–H and O–H groups in total. The van der Waals surface area contributed by atoms with Crippen molar-refractivity contribution >= 4 is 11.7 Å². The van der Waals surface area contributed by atoms with Gasteiger partial charge in [-0.3, -0.25) is 4.98 Å². The minimum Gasteiger partial charge on any atom is -0.464 e. The van der Waals surface area contributed by atoms with Crippen LogP contribution in [0.1, 0.15) is 28.7 Å². The van der Waals surface area contributed by atoms with E-state index in [4.69, 9.17) is 0 Å². The standard InChI is InChI=1S/C15H17N3O2/c1-3-11-5-4-7-16-14(11)10-18-12-6-8-17-13(9-12)15(19)20-2/h4-9H,3,10H2,1-2H3,(H,17,18). The van der Waals surface area contributed by atoms with Crippen LogP contribution in [0.25, 0.3) is 0 Å². The number of hydrogen-bond donors (Lipinski definition) is 1. The van der Waals surface area contributed by atoms with Crippen LogP contribution in [-0.4, -0.2) is 23.0 Å². The first-order valence-corrected chi connectivity index (χ1v) is 6.45. The van der Waals surface area contributed by atoms with Gasteiger partial charge in [-0.25, -0.2) is 9.78 Å². The fraction of sp³-hybridized carbons (Fsp3) is 0.267. The van der Waals surface area contributed by atoms with E-state index in [0.29, 0.717) is 6.54 Å². The van der Waals surface area contributed by atoms with E-state index >= 15 is 0 Å². The van der Waals surface area contributed by atoms with E-state index in [-0.39, 0.29) is 5.69 Å². The number of carbonyl (C=O) groups excluding carboxylic acids is 1.